The quantitative estimate of drug-likeness (QED) is 0.748. The summed E-state index contributed by atoms with van der Waals surface area (Å²) in [6, 6.07) is 0.992. The topological polar surface area (TPSA) is 38.8 Å². The van der Waals surface area contributed by atoms with Crippen LogP contribution in [0.25, 0.3) is 0 Å². The Labute approximate surface area is 115 Å². The maximum atomic E-state index is 12.4. The van der Waals surface area contributed by atoms with Crippen LogP contribution in [-0.2, 0) is 0 Å². The molecule has 0 bridgehead atoms. The first-order valence-electron chi connectivity index (χ1n) is 7.72. The molecule has 5 heteroatoms. The zero-order valence-corrected chi connectivity index (χ0v) is 12.0. The Morgan fingerprint density at radius 1 is 0.947 bits per heavy atom. The molecule has 108 valence electrons. The highest BCUT2D eigenvalue weighted by Gasteiger charge is 2.31. The van der Waals surface area contributed by atoms with Crippen LogP contribution in [0.1, 0.15) is 19.8 Å². The third kappa shape index (κ3) is 2.87. The first-order valence-corrected chi connectivity index (χ1v) is 7.72. The van der Waals surface area contributed by atoms with Gasteiger partial charge in [0.05, 0.1) is 0 Å². The second-order valence-corrected chi connectivity index (χ2v) is 6.29. The van der Waals surface area contributed by atoms with E-state index in [0.717, 1.165) is 58.3 Å². The number of likely N-dealkylation sites (tertiary alicyclic amines) is 1. The fraction of sp³-hybridized carbons (Fsp3) is 0.929. The number of carbonyl (C=O) groups is 1. The molecule has 0 atom stereocenters. The maximum absolute atomic E-state index is 12.4. The summed E-state index contributed by atoms with van der Waals surface area (Å²) in [6.07, 6.45) is 2.33. The summed E-state index contributed by atoms with van der Waals surface area (Å²) in [5.74, 6) is 0.784. The van der Waals surface area contributed by atoms with Crippen molar-refractivity contribution in [1.82, 2.24) is 20.0 Å². The van der Waals surface area contributed by atoms with Crippen LogP contribution in [0.5, 0.6) is 0 Å². The van der Waals surface area contributed by atoms with Gasteiger partial charge in [-0.25, -0.2) is 4.79 Å². The van der Waals surface area contributed by atoms with Crippen molar-refractivity contribution in [2.45, 2.75) is 25.8 Å². The first kappa shape index (κ1) is 13.2. The van der Waals surface area contributed by atoms with Gasteiger partial charge in [-0.1, -0.05) is 6.92 Å². The average molecular weight is 266 g/mol. The molecule has 19 heavy (non-hydrogen) atoms. The van der Waals surface area contributed by atoms with Crippen molar-refractivity contribution >= 4 is 6.03 Å². The third-order valence-electron chi connectivity index (χ3n) is 4.92. The lowest BCUT2D eigenvalue weighted by Gasteiger charge is -2.44. The van der Waals surface area contributed by atoms with Crippen molar-refractivity contribution < 1.29 is 4.79 Å². The third-order valence-corrected chi connectivity index (χ3v) is 4.92. The number of rotatable bonds is 1. The van der Waals surface area contributed by atoms with Crippen LogP contribution in [0.4, 0.5) is 4.79 Å². The molecule has 3 fully saturated rings. The Morgan fingerprint density at radius 2 is 1.53 bits per heavy atom. The SMILES string of the molecule is CC1CCN(C(=O)N2CCN(C3CNC3)CC2)CC1. The fourth-order valence-electron chi connectivity index (χ4n) is 3.21. The predicted octanol–water partition coefficient (Wildman–Crippen LogP) is 0.428. The minimum absolute atomic E-state index is 0.276. The molecule has 2 amide bonds. The molecule has 3 aliphatic rings. The molecule has 0 unspecified atom stereocenters. The Hall–Kier alpha value is -0.810. The van der Waals surface area contributed by atoms with Crippen molar-refractivity contribution in [3.05, 3.63) is 0 Å². The van der Waals surface area contributed by atoms with E-state index in [1.165, 1.54) is 12.8 Å². The van der Waals surface area contributed by atoms with Gasteiger partial charge in [0.25, 0.3) is 0 Å². The molecule has 1 N–H and O–H groups in total. The van der Waals surface area contributed by atoms with Crippen LogP contribution in [0, 0.1) is 5.92 Å². The average Bonchev–Trinajstić information content (AvgIpc) is 2.38. The Balaban J connectivity index is 1.46. The maximum Gasteiger partial charge on any atom is 0.320 e. The summed E-state index contributed by atoms with van der Waals surface area (Å²) in [4.78, 5) is 19.1. The first-order chi connectivity index (χ1) is 9.24. The van der Waals surface area contributed by atoms with E-state index >= 15 is 0 Å². The summed E-state index contributed by atoms with van der Waals surface area (Å²) in [6.45, 7) is 10.3. The van der Waals surface area contributed by atoms with E-state index in [0.29, 0.717) is 6.04 Å². The van der Waals surface area contributed by atoms with E-state index in [-0.39, 0.29) is 6.03 Å². The van der Waals surface area contributed by atoms with Crippen LogP contribution < -0.4 is 5.32 Å². The smallest absolute Gasteiger partial charge is 0.320 e. The van der Waals surface area contributed by atoms with Crippen molar-refractivity contribution in [3.63, 3.8) is 0 Å². The second-order valence-electron chi connectivity index (χ2n) is 6.29. The van der Waals surface area contributed by atoms with Crippen molar-refractivity contribution in [2.24, 2.45) is 5.92 Å². The Morgan fingerprint density at radius 3 is 2.05 bits per heavy atom. The molecule has 0 aromatic heterocycles. The van der Waals surface area contributed by atoms with Crippen molar-refractivity contribution in [3.8, 4) is 0 Å². The second kappa shape index (κ2) is 5.67. The van der Waals surface area contributed by atoms with Gasteiger partial charge in [-0.05, 0) is 18.8 Å². The van der Waals surface area contributed by atoms with E-state index in [1.807, 2.05) is 0 Å². The standard InChI is InChI=1S/C14H26N4O/c1-12-2-4-17(5-3-12)14(19)18-8-6-16(7-9-18)13-10-15-11-13/h12-13,15H,2-11H2,1H3. The van der Waals surface area contributed by atoms with Gasteiger partial charge in [0.2, 0.25) is 0 Å². The number of nitrogens with zero attached hydrogens (tertiary/aromatic N) is 3. The van der Waals surface area contributed by atoms with E-state index in [9.17, 15) is 4.79 Å². The molecule has 0 saturated carbocycles. The van der Waals surface area contributed by atoms with Crippen LogP contribution in [0.2, 0.25) is 0 Å². The fourth-order valence-corrected chi connectivity index (χ4v) is 3.21. The van der Waals surface area contributed by atoms with Gasteiger partial charge in [-0.2, -0.15) is 0 Å². The summed E-state index contributed by atoms with van der Waals surface area (Å²) < 4.78 is 0. The zero-order valence-electron chi connectivity index (χ0n) is 12.0. The molecule has 3 heterocycles. The lowest BCUT2D eigenvalue weighted by atomic mass is 9.99. The number of urea groups is 1. The van der Waals surface area contributed by atoms with Gasteiger partial charge >= 0.3 is 6.03 Å². The van der Waals surface area contributed by atoms with Crippen LogP contribution in [0.15, 0.2) is 0 Å². The van der Waals surface area contributed by atoms with Crippen molar-refractivity contribution in [2.75, 3.05) is 52.4 Å². The van der Waals surface area contributed by atoms with Gasteiger partial charge in [0.1, 0.15) is 0 Å². The van der Waals surface area contributed by atoms with Gasteiger partial charge < -0.3 is 15.1 Å². The highest BCUT2D eigenvalue weighted by Crippen LogP contribution is 2.18. The van der Waals surface area contributed by atoms with E-state index in [1.54, 1.807) is 0 Å². The number of nitrogens with one attached hydrogen (secondary N) is 1. The molecule has 5 nitrogen and oxygen atoms in total. The predicted molar refractivity (Wildman–Crippen MR) is 75.2 cm³/mol. The van der Waals surface area contributed by atoms with Crippen molar-refractivity contribution in [1.29, 1.82) is 0 Å². The molecule has 0 spiro atoms. The van der Waals surface area contributed by atoms with Gasteiger partial charge in [0.15, 0.2) is 0 Å². The largest absolute Gasteiger partial charge is 0.325 e. The Kier molecular flexibility index (Phi) is 3.93. The summed E-state index contributed by atoms with van der Waals surface area (Å²) in [5.41, 5.74) is 0. The van der Waals surface area contributed by atoms with Crippen LogP contribution in [0.3, 0.4) is 0 Å². The van der Waals surface area contributed by atoms with Gasteiger partial charge in [0, 0.05) is 58.4 Å². The molecule has 3 saturated heterocycles. The molecule has 0 radical (unpaired) electrons. The normalized spacial score (nSPS) is 27.4. The number of hydrogen-bond acceptors (Lipinski definition) is 3. The lowest BCUT2D eigenvalue weighted by Crippen LogP contribution is -2.63. The molecular weight excluding hydrogens is 240 g/mol. The number of amides is 2. The highest BCUT2D eigenvalue weighted by atomic mass is 16.2. The number of carbonyl (C=O) groups excluding carboxylic acids is 1. The van der Waals surface area contributed by atoms with Crippen LogP contribution in [-0.4, -0.2) is 79.1 Å². The summed E-state index contributed by atoms with van der Waals surface area (Å²) in [5, 5.41) is 3.32. The summed E-state index contributed by atoms with van der Waals surface area (Å²) >= 11 is 0. The number of piperidine rings is 1. The van der Waals surface area contributed by atoms with E-state index in [4.69, 9.17) is 0 Å². The number of hydrogen-bond donors (Lipinski definition) is 1. The summed E-state index contributed by atoms with van der Waals surface area (Å²) in [7, 11) is 0. The monoisotopic (exact) mass is 266 g/mol. The molecule has 3 aliphatic heterocycles. The van der Waals surface area contributed by atoms with Gasteiger partial charge in [-0.15, -0.1) is 0 Å². The Bertz CT molecular complexity index is 315. The van der Waals surface area contributed by atoms with E-state index in [2.05, 4.69) is 26.9 Å². The molecule has 3 rings (SSSR count). The lowest BCUT2D eigenvalue weighted by molar-refractivity contribution is 0.0688. The molecule has 0 aliphatic carbocycles. The van der Waals surface area contributed by atoms with E-state index < -0.39 is 0 Å². The van der Waals surface area contributed by atoms with Gasteiger partial charge in [-0.3, -0.25) is 4.90 Å². The molecule has 0 aromatic rings. The molecule has 0 aromatic carbocycles. The van der Waals surface area contributed by atoms with Crippen LogP contribution >= 0.6 is 0 Å². The minimum Gasteiger partial charge on any atom is -0.325 e. The molecular formula is C14H26N4O. The minimum atomic E-state index is 0.276. The highest BCUT2D eigenvalue weighted by molar-refractivity contribution is 5.74. The zero-order chi connectivity index (χ0) is 13.2. The number of piperazine rings is 1.